The Labute approximate surface area is 218 Å². The zero-order valence-corrected chi connectivity index (χ0v) is 21.1. The molecule has 6 aromatic rings. The summed E-state index contributed by atoms with van der Waals surface area (Å²) < 4.78 is 0. The summed E-state index contributed by atoms with van der Waals surface area (Å²) >= 11 is 0. The topological polar surface area (TPSA) is 12.9 Å². The van der Waals surface area contributed by atoms with Gasteiger partial charge in [0.1, 0.15) is 0 Å². The summed E-state index contributed by atoms with van der Waals surface area (Å²) in [5.74, 6) is 0. The van der Waals surface area contributed by atoms with Gasteiger partial charge in [0.25, 0.3) is 0 Å². The molecule has 1 heteroatoms. The smallest absolute Gasteiger partial charge is 0.0705 e. The number of hydrogen-bond acceptors (Lipinski definition) is 1. The summed E-state index contributed by atoms with van der Waals surface area (Å²) in [6, 6.07) is 43.8. The molecule has 0 radical (unpaired) electrons. The maximum Gasteiger partial charge on any atom is 0.0705 e. The number of fused-ring (bicyclic) bond motifs is 5. The molecule has 1 aliphatic rings. The van der Waals surface area contributed by atoms with Gasteiger partial charge in [-0.1, -0.05) is 117 Å². The molecule has 7 rings (SSSR count). The van der Waals surface area contributed by atoms with Gasteiger partial charge >= 0.3 is 0 Å². The molecule has 0 spiro atoms. The first-order valence-electron chi connectivity index (χ1n) is 12.9. The molecule has 1 aromatic heterocycles. The van der Waals surface area contributed by atoms with Crippen molar-refractivity contribution in [1.29, 1.82) is 0 Å². The van der Waals surface area contributed by atoms with Gasteiger partial charge in [0.05, 0.1) is 5.52 Å². The number of nitrogens with zero attached hydrogens (tertiary/aromatic N) is 1. The standard InChI is InChI=1S/C36H27N/c1-36(2)33-22-28(27-15-13-26(14-16-27)24-9-5-3-6-10-24)17-18-30(33)31-19-20-34-32(35(31)36)21-29(23-37-34)25-11-7-4-8-12-25/h3-23H,1-2H3. The Kier molecular flexibility index (Phi) is 4.87. The van der Waals surface area contributed by atoms with Crippen molar-refractivity contribution >= 4 is 10.9 Å². The van der Waals surface area contributed by atoms with Crippen molar-refractivity contribution in [3.63, 3.8) is 0 Å². The van der Waals surface area contributed by atoms with Gasteiger partial charge < -0.3 is 0 Å². The lowest BCUT2D eigenvalue weighted by Gasteiger charge is -2.23. The van der Waals surface area contributed by atoms with Gasteiger partial charge in [-0.25, -0.2) is 0 Å². The molecule has 0 fully saturated rings. The average Bonchev–Trinajstić information content (AvgIpc) is 3.20. The normalized spacial score (nSPS) is 13.4. The first kappa shape index (κ1) is 21.8. The highest BCUT2D eigenvalue weighted by Gasteiger charge is 2.37. The van der Waals surface area contributed by atoms with Crippen LogP contribution in [0, 0.1) is 0 Å². The van der Waals surface area contributed by atoms with Crippen LogP contribution < -0.4 is 0 Å². The van der Waals surface area contributed by atoms with Crippen LogP contribution >= 0.6 is 0 Å². The third-order valence-electron chi connectivity index (χ3n) is 7.91. The van der Waals surface area contributed by atoms with Crippen LogP contribution in [-0.2, 0) is 5.41 Å². The highest BCUT2D eigenvalue weighted by Crippen LogP contribution is 2.52. The Hall–Kier alpha value is -4.49. The van der Waals surface area contributed by atoms with Crippen molar-refractivity contribution < 1.29 is 0 Å². The van der Waals surface area contributed by atoms with E-state index in [4.69, 9.17) is 4.98 Å². The lowest BCUT2D eigenvalue weighted by molar-refractivity contribution is 0.666. The van der Waals surface area contributed by atoms with Gasteiger partial charge in [-0.15, -0.1) is 0 Å². The van der Waals surface area contributed by atoms with E-state index in [0.717, 1.165) is 11.1 Å². The van der Waals surface area contributed by atoms with E-state index < -0.39 is 0 Å². The summed E-state index contributed by atoms with van der Waals surface area (Å²) in [5.41, 5.74) is 13.7. The predicted octanol–water partition coefficient (Wildman–Crippen LogP) is 9.54. The third kappa shape index (κ3) is 3.50. The Morgan fingerprint density at radius 3 is 1.70 bits per heavy atom. The van der Waals surface area contributed by atoms with Gasteiger partial charge in [-0.3, -0.25) is 4.98 Å². The molecule has 37 heavy (non-hydrogen) atoms. The monoisotopic (exact) mass is 473 g/mol. The van der Waals surface area contributed by atoms with Crippen LogP contribution in [-0.4, -0.2) is 4.98 Å². The van der Waals surface area contributed by atoms with Gasteiger partial charge in [0.15, 0.2) is 0 Å². The fourth-order valence-corrected chi connectivity index (χ4v) is 5.98. The van der Waals surface area contributed by atoms with E-state index in [0.29, 0.717) is 0 Å². The van der Waals surface area contributed by atoms with Crippen molar-refractivity contribution in [2.45, 2.75) is 19.3 Å². The largest absolute Gasteiger partial charge is 0.256 e. The van der Waals surface area contributed by atoms with Crippen LogP contribution in [0.5, 0.6) is 0 Å². The highest BCUT2D eigenvalue weighted by atomic mass is 14.7. The maximum absolute atomic E-state index is 4.86. The van der Waals surface area contributed by atoms with Crippen molar-refractivity contribution in [1.82, 2.24) is 4.98 Å². The summed E-state index contributed by atoms with van der Waals surface area (Å²) in [4.78, 5) is 4.86. The first-order chi connectivity index (χ1) is 18.1. The second-order valence-corrected chi connectivity index (χ2v) is 10.5. The minimum atomic E-state index is -0.124. The zero-order chi connectivity index (χ0) is 25.0. The molecule has 0 N–H and O–H groups in total. The SMILES string of the molecule is CC1(C)c2cc(-c3ccc(-c4ccccc4)cc3)ccc2-c2ccc3ncc(-c4ccccc4)cc3c21. The molecule has 1 aliphatic carbocycles. The molecule has 1 heterocycles. The van der Waals surface area contributed by atoms with E-state index >= 15 is 0 Å². The van der Waals surface area contributed by atoms with E-state index in [1.807, 2.05) is 6.20 Å². The van der Waals surface area contributed by atoms with Crippen LogP contribution in [0.1, 0.15) is 25.0 Å². The van der Waals surface area contributed by atoms with Crippen LogP contribution in [0.3, 0.4) is 0 Å². The van der Waals surface area contributed by atoms with Crippen LogP contribution in [0.25, 0.3) is 55.4 Å². The first-order valence-corrected chi connectivity index (χ1v) is 12.9. The van der Waals surface area contributed by atoms with Gasteiger partial charge in [-0.2, -0.15) is 0 Å². The van der Waals surface area contributed by atoms with Crippen LogP contribution in [0.2, 0.25) is 0 Å². The van der Waals surface area contributed by atoms with Crippen molar-refractivity contribution in [2.75, 3.05) is 0 Å². The molecule has 0 saturated carbocycles. The van der Waals surface area contributed by atoms with E-state index in [-0.39, 0.29) is 5.41 Å². The van der Waals surface area contributed by atoms with Crippen LogP contribution in [0.4, 0.5) is 0 Å². The molecule has 0 unspecified atom stereocenters. The summed E-state index contributed by atoms with van der Waals surface area (Å²) in [5, 5.41) is 1.24. The Balaban J connectivity index is 1.32. The number of aromatic nitrogens is 1. The molecule has 0 atom stereocenters. The maximum atomic E-state index is 4.86. The van der Waals surface area contributed by atoms with Crippen molar-refractivity contribution in [3.05, 3.63) is 139 Å². The summed E-state index contributed by atoms with van der Waals surface area (Å²) in [7, 11) is 0. The summed E-state index contributed by atoms with van der Waals surface area (Å²) in [6.07, 6.45) is 2.00. The Bertz CT molecular complexity index is 1760. The molecule has 0 aliphatic heterocycles. The molecular formula is C36H27N. The van der Waals surface area contributed by atoms with Gasteiger partial charge in [0, 0.05) is 22.6 Å². The molecular weight excluding hydrogens is 446 g/mol. The van der Waals surface area contributed by atoms with E-state index in [9.17, 15) is 0 Å². The molecule has 0 amide bonds. The van der Waals surface area contributed by atoms with Crippen molar-refractivity contribution in [3.8, 4) is 44.5 Å². The quantitative estimate of drug-likeness (QED) is 0.249. The van der Waals surface area contributed by atoms with E-state index in [1.165, 1.54) is 55.5 Å². The second kappa shape index (κ2) is 8.28. The fraction of sp³-hybridized carbons (Fsp3) is 0.0833. The molecule has 0 saturated heterocycles. The van der Waals surface area contributed by atoms with Crippen LogP contribution in [0.15, 0.2) is 128 Å². The minimum absolute atomic E-state index is 0.124. The fourth-order valence-electron chi connectivity index (χ4n) is 5.98. The third-order valence-corrected chi connectivity index (χ3v) is 7.91. The predicted molar refractivity (Wildman–Crippen MR) is 156 cm³/mol. The highest BCUT2D eigenvalue weighted by molar-refractivity contribution is 5.98. The summed E-state index contributed by atoms with van der Waals surface area (Å²) in [6.45, 7) is 4.71. The molecule has 0 bridgehead atoms. The Morgan fingerprint density at radius 1 is 0.486 bits per heavy atom. The Morgan fingerprint density at radius 2 is 1.03 bits per heavy atom. The number of benzene rings is 5. The second-order valence-electron chi connectivity index (χ2n) is 10.5. The van der Waals surface area contributed by atoms with Gasteiger partial charge in [-0.05, 0) is 68.3 Å². The minimum Gasteiger partial charge on any atom is -0.256 e. The van der Waals surface area contributed by atoms with Gasteiger partial charge in [0.2, 0.25) is 0 Å². The number of pyridine rings is 1. The van der Waals surface area contributed by atoms with E-state index in [2.05, 4.69) is 135 Å². The molecule has 176 valence electrons. The number of rotatable bonds is 3. The average molecular weight is 474 g/mol. The zero-order valence-electron chi connectivity index (χ0n) is 21.1. The number of hydrogen-bond donors (Lipinski definition) is 0. The molecule has 5 aromatic carbocycles. The van der Waals surface area contributed by atoms with E-state index in [1.54, 1.807) is 0 Å². The lowest BCUT2D eigenvalue weighted by Crippen LogP contribution is -2.15. The lowest BCUT2D eigenvalue weighted by atomic mass is 9.79. The molecule has 1 nitrogen and oxygen atoms in total. The van der Waals surface area contributed by atoms with Crippen molar-refractivity contribution in [2.24, 2.45) is 0 Å².